The summed E-state index contributed by atoms with van der Waals surface area (Å²) >= 11 is 0. The zero-order valence-electron chi connectivity index (χ0n) is 11.9. The summed E-state index contributed by atoms with van der Waals surface area (Å²) < 4.78 is 26.6. The predicted molar refractivity (Wildman–Crippen MR) is 74.9 cm³/mol. The molecule has 5 heteroatoms. The minimum atomic E-state index is -3.62. The van der Waals surface area contributed by atoms with Crippen LogP contribution >= 0.6 is 0 Å². The van der Waals surface area contributed by atoms with Crippen LogP contribution in [0, 0.1) is 34.6 Å². The van der Waals surface area contributed by atoms with Gasteiger partial charge in [-0.05, 0) is 51.8 Å². The second-order valence-electron chi connectivity index (χ2n) is 5.00. The van der Waals surface area contributed by atoms with Crippen LogP contribution in [0.5, 0.6) is 0 Å². The molecular formula is C14H18N2O2S. The minimum absolute atomic E-state index is 0.351. The van der Waals surface area contributed by atoms with E-state index in [2.05, 4.69) is 5.10 Å². The minimum Gasteiger partial charge on any atom is -0.199 e. The molecule has 0 unspecified atom stereocenters. The van der Waals surface area contributed by atoms with E-state index in [9.17, 15) is 8.42 Å². The summed E-state index contributed by atoms with van der Waals surface area (Å²) in [5.74, 6) is 0. The molecule has 0 aliphatic rings. The van der Waals surface area contributed by atoms with Gasteiger partial charge in [0, 0.05) is 0 Å². The Balaban J connectivity index is 2.74. The third-order valence-electron chi connectivity index (χ3n) is 3.06. The van der Waals surface area contributed by atoms with E-state index in [1.165, 1.54) is 0 Å². The van der Waals surface area contributed by atoms with E-state index in [0.29, 0.717) is 16.3 Å². The molecule has 1 aromatic heterocycles. The van der Waals surface area contributed by atoms with Crippen molar-refractivity contribution < 1.29 is 8.42 Å². The molecule has 0 amide bonds. The van der Waals surface area contributed by atoms with Crippen molar-refractivity contribution >= 4 is 10.0 Å². The number of aryl methyl sites for hydroxylation is 5. The van der Waals surface area contributed by atoms with E-state index < -0.39 is 10.0 Å². The summed E-state index contributed by atoms with van der Waals surface area (Å²) in [6.07, 6.45) is 0. The molecule has 0 N–H and O–H groups in total. The first-order valence-electron chi connectivity index (χ1n) is 6.10. The van der Waals surface area contributed by atoms with E-state index in [0.717, 1.165) is 20.8 Å². The maximum atomic E-state index is 12.7. The SMILES string of the molecule is Cc1cc(C)c(S(=O)(=O)n2nc(C)cc2C)c(C)c1. The van der Waals surface area contributed by atoms with Gasteiger partial charge in [0.15, 0.2) is 0 Å². The van der Waals surface area contributed by atoms with Gasteiger partial charge in [0.2, 0.25) is 0 Å². The van der Waals surface area contributed by atoms with Gasteiger partial charge >= 0.3 is 0 Å². The number of aromatic nitrogens is 2. The monoisotopic (exact) mass is 278 g/mol. The first-order chi connectivity index (χ1) is 8.73. The average molecular weight is 278 g/mol. The molecule has 0 aliphatic heterocycles. The summed E-state index contributed by atoms with van der Waals surface area (Å²) in [6, 6.07) is 5.52. The molecule has 0 bridgehead atoms. The molecule has 0 radical (unpaired) electrons. The van der Waals surface area contributed by atoms with Gasteiger partial charge in [-0.3, -0.25) is 0 Å². The molecule has 0 fully saturated rings. The van der Waals surface area contributed by atoms with Crippen molar-refractivity contribution in [3.8, 4) is 0 Å². The molecule has 0 saturated carbocycles. The normalized spacial score (nSPS) is 11.8. The molecular weight excluding hydrogens is 260 g/mol. The number of benzene rings is 1. The van der Waals surface area contributed by atoms with Crippen LogP contribution in [0.2, 0.25) is 0 Å². The van der Waals surface area contributed by atoms with E-state index in [-0.39, 0.29) is 0 Å². The number of hydrogen-bond donors (Lipinski definition) is 0. The van der Waals surface area contributed by atoms with E-state index in [4.69, 9.17) is 0 Å². The number of hydrogen-bond acceptors (Lipinski definition) is 3. The van der Waals surface area contributed by atoms with Gasteiger partial charge in [-0.1, -0.05) is 17.7 Å². The smallest absolute Gasteiger partial charge is 0.199 e. The largest absolute Gasteiger partial charge is 0.283 e. The van der Waals surface area contributed by atoms with Crippen molar-refractivity contribution in [2.45, 2.75) is 39.5 Å². The second-order valence-corrected chi connectivity index (χ2v) is 6.71. The Kier molecular flexibility index (Phi) is 3.26. The van der Waals surface area contributed by atoms with Crippen LogP contribution in [0.4, 0.5) is 0 Å². The lowest BCUT2D eigenvalue weighted by Crippen LogP contribution is -2.18. The lowest BCUT2D eigenvalue weighted by molar-refractivity contribution is 0.576. The van der Waals surface area contributed by atoms with Crippen LogP contribution in [0.25, 0.3) is 0 Å². The van der Waals surface area contributed by atoms with Crippen LogP contribution < -0.4 is 0 Å². The Morgan fingerprint density at radius 2 is 1.47 bits per heavy atom. The molecule has 1 heterocycles. The lowest BCUT2D eigenvalue weighted by Gasteiger charge is -2.13. The predicted octanol–water partition coefficient (Wildman–Crippen LogP) is 2.66. The Hall–Kier alpha value is -1.62. The van der Waals surface area contributed by atoms with E-state index in [1.807, 2.05) is 32.9 Å². The van der Waals surface area contributed by atoms with Crippen molar-refractivity contribution in [1.82, 2.24) is 9.19 Å². The molecule has 2 aromatic rings. The van der Waals surface area contributed by atoms with Gasteiger partial charge in [0.05, 0.1) is 16.3 Å². The lowest BCUT2D eigenvalue weighted by atomic mass is 10.1. The Bertz CT molecular complexity index is 720. The number of nitrogens with zero attached hydrogens (tertiary/aromatic N) is 2. The van der Waals surface area contributed by atoms with Gasteiger partial charge in [-0.15, -0.1) is 0 Å². The first-order valence-corrected chi connectivity index (χ1v) is 7.54. The van der Waals surface area contributed by atoms with Gasteiger partial charge in [0.1, 0.15) is 0 Å². The molecule has 102 valence electrons. The molecule has 2 rings (SSSR count). The maximum absolute atomic E-state index is 12.7. The Morgan fingerprint density at radius 1 is 0.947 bits per heavy atom. The van der Waals surface area contributed by atoms with E-state index >= 15 is 0 Å². The molecule has 0 atom stereocenters. The van der Waals surface area contributed by atoms with Crippen molar-refractivity contribution in [3.05, 3.63) is 46.3 Å². The van der Waals surface area contributed by atoms with Crippen LogP contribution in [0.3, 0.4) is 0 Å². The summed E-state index contributed by atoms with van der Waals surface area (Å²) in [5, 5.41) is 4.09. The van der Waals surface area contributed by atoms with Crippen LogP contribution in [-0.2, 0) is 10.0 Å². The highest BCUT2D eigenvalue weighted by atomic mass is 32.2. The maximum Gasteiger partial charge on any atom is 0.283 e. The van der Waals surface area contributed by atoms with Crippen LogP contribution in [0.1, 0.15) is 28.1 Å². The zero-order valence-corrected chi connectivity index (χ0v) is 12.7. The quantitative estimate of drug-likeness (QED) is 0.848. The third kappa shape index (κ3) is 2.30. The first kappa shape index (κ1) is 13.8. The molecule has 0 saturated heterocycles. The van der Waals surface area contributed by atoms with Crippen molar-refractivity contribution in [1.29, 1.82) is 0 Å². The van der Waals surface area contributed by atoms with Gasteiger partial charge in [-0.25, -0.2) is 0 Å². The fourth-order valence-corrected chi connectivity index (χ4v) is 4.28. The summed E-state index contributed by atoms with van der Waals surface area (Å²) in [7, 11) is -3.62. The van der Waals surface area contributed by atoms with E-state index in [1.54, 1.807) is 19.9 Å². The highest BCUT2D eigenvalue weighted by Gasteiger charge is 2.24. The topological polar surface area (TPSA) is 52.0 Å². The fraction of sp³-hybridized carbons (Fsp3) is 0.357. The fourth-order valence-electron chi connectivity index (χ4n) is 2.51. The molecule has 0 spiro atoms. The second kappa shape index (κ2) is 4.49. The Morgan fingerprint density at radius 3 is 1.89 bits per heavy atom. The molecule has 0 aliphatic carbocycles. The number of rotatable bonds is 2. The standard InChI is InChI=1S/C14H18N2O2S/c1-9-6-10(2)14(11(3)7-9)19(17,18)16-13(5)8-12(4)15-16/h6-8H,1-5H3. The third-order valence-corrected chi connectivity index (χ3v) is 5.04. The van der Waals surface area contributed by atoms with Crippen molar-refractivity contribution in [3.63, 3.8) is 0 Å². The van der Waals surface area contributed by atoms with Crippen LogP contribution in [0.15, 0.2) is 23.1 Å². The molecule has 19 heavy (non-hydrogen) atoms. The highest BCUT2D eigenvalue weighted by molar-refractivity contribution is 7.90. The van der Waals surface area contributed by atoms with Gasteiger partial charge in [-0.2, -0.15) is 17.6 Å². The highest BCUT2D eigenvalue weighted by Crippen LogP contribution is 2.24. The van der Waals surface area contributed by atoms with Crippen molar-refractivity contribution in [2.75, 3.05) is 0 Å². The molecule has 4 nitrogen and oxygen atoms in total. The zero-order chi connectivity index (χ0) is 14.4. The summed E-state index contributed by atoms with van der Waals surface area (Å²) in [4.78, 5) is 0.351. The van der Waals surface area contributed by atoms with Gasteiger partial charge < -0.3 is 0 Å². The average Bonchev–Trinajstić information content (AvgIpc) is 2.56. The Labute approximate surface area is 114 Å². The van der Waals surface area contributed by atoms with Crippen LogP contribution in [-0.4, -0.2) is 17.6 Å². The summed E-state index contributed by atoms with van der Waals surface area (Å²) in [5.41, 5.74) is 3.89. The summed E-state index contributed by atoms with van der Waals surface area (Å²) in [6.45, 7) is 9.13. The van der Waals surface area contributed by atoms with Crippen molar-refractivity contribution in [2.24, 2.45) is 0 Å². The molecule has 1 aromatic carbocycles. The van der Waals surface area contributed by atoms with Gasteiger partial charge in [0.25, 0.3) is 10.0 Å².